The maximum absolute atomic E-state index is 13.9. The van der Waals surface area contributed by atoms with Crippen LogP contribution >= 0.6 is 0 Å². The van der Waals surface area contributed by atoms with Crippen LogP contribution in [0, 0.1) is 5.92 Å². The Labute approximate surface area is 226 Å². The molecule has 3 atom stereocenters. The van der Waals surface area contributed by atoms with E-state index in [9.17, 15) is 44.3 Å². The zero-order valence-electron chi connectivity index (χ0n) is 21.9. The summed E-state index contributed by atoms with van der Waals surface area (Å²) in [5.74, 6) is -0.762. The summed E-state index contributed by atoms with van der Waals surface area (Å²) in [6.45, 7) is 3.11. The number of piperidine rings is 1. The Bertz CT molecular complexity index is 1140. The molecule has 1 aliphatic heterocycles. The van der Waals surface area contributed by atoms with E-state index in [0.717, 1.165) is 12.1 Å². The first-order chi connectivity index (χ1) is 18.5. The highest BCUT2D eigenvalue weighted by molar-refractivity contribution is 5.69. The molecule has 12 heteroatoms. The number of likely N-dealkylation sites (tertiary alicyclic amines) is 1. The van der Waals surface area contributed by atoms with Crippen LogP contribution in [0.4, 0.5) is 39.5 Å². The van der Waals surface area contributed by atoms with Gasteiger partial charge in [-0.15, -0.1) is 0 Å². The van der Waals surface area contributed by atoms with Crippen molar-refractivity contribution >= 4 is 5.97 Å². The van der Waals surface area contributed by atoms with Crippen molar-refractivity contribution in [1.29, 1.82) is 0 Å². The molecule has 0 aliphatic carbocycles. The van der Waals surface area contributed by atoms with Gasteiger partial charge in [-0.05, 0) is 73.6 Å². The fourth-order valence-electron chi connectivity index (χ4n) is 5.40. The van der Waals surface area contributed by atoms with Gasteiger partial charge >= 0.3 is 24.5 Å². The molecule has 222 valence electrons. The van der Waals surface area contributed by atoms with Crippen molar-refractivity contribution in [2.24, 2.45) is 5.92 Å². The van der Waals surface area contributed by atoms with E-state index in [2.05, 4.69) is 0 Å². The van der Waals surface area contributed by atoms with Crippen molar-refractivity contribution in [2.45, 2.75) is 83.1 Å². The van der Waals surface area contributed by atoms with Crippen molar-refractivity contribution in [3.8, 4) is 0 Å². The third-order valence-corrected chi connectivity index (χ3v) is 7.13. The SMILES string of the molecule is CCC[C@H]1C[C@H](CC(=O)OCC)C[C@@H](c2ccc(C(F)(F)F)cc2)N1Cc1cc(C(F)(F)F)ccc1C(F)(F)F. The van der Waals surface area contributed by atoms with Crippen LogP contribution in [0.25, 0.3) is 0 Å². The zero-order chi connectivity index (χ0) is 29.9. The van der Waals surface area contributed by atoms with Crippen molar-refractivity contribution < 1.29 is 49.0 Å². The molecule has 1 fully saturated rings. The van der Waals surface area contributed by atoms with Gasteiger partial charge in [0.1, 0.15) is 0 Å². The predicted octanol–water partition coefficient (Wildman–Crippen LogP) is 8.82. The molecular formula is C28H30F9NO2. The second-order valence-corrected chi connectivity index (χ2v) is 9.96. The molecule has 0 unspecified atom stereocenters. The number of esters is 1. The topological polar surface area (TPSA) is 29.5 Å². The Balaban J connectivity index is 2.10. The molecule has 1 aliphatic rings. The number of hydrogen-bond acceptors (Lipinski definition) is 3. The molecule has 1 saturated heterocycles. The maximum atomic E-state index is 13.9. The Morgan fingerprint density at radius 1 is 0.850 bits per heavy atom. The minimum absolute atomic E-state index is 0.0103. The van der Waals surface area contributed by atoms with Crippen LogP contribution in [0.3, 0.4) is 0 Å². The first kappa shape index (κ1) is 31.8. The van der Waals surface area contributed by atoms with Crippen molar-refractivity contribution in [3.63, 3.8) is 0 Å². The predicted molar refractivity (Wildman–Crippen MR) is 129 cm³/mol. The van der Waals surface area contributed by atoms with Crippen LogP contribution in [-0.2, 0) is 34.6 Å². The second-order valence-electron chi connectivity index (χ2n) is 9.96. The van der Waals surface area contributed by atoms with E-state index in [1.54, 1.807) is 11.8 Å². The molecule has 0 N–H and O–H groups in total. The molecular weight excluding hydrogens is 553 g/mol. The van der Waals surface area contributed by atoms with Gasteiger partial charge in [0.2, 0.25) is 0 Å². The summed E-state index contributed by atoms with van der Waals surface area (Å²) in [5, 5.41) is 0. The van der Waals surface area contributed by atoms with Gasteiger partial charge < -0.3 is 4.74 Å². The largest absolute Gasteiger partial charge is 0.466 e. The van der Waals surface area contributed by atoms with Crippen LogP contribution in [0.1, 0.15) is 79.8 Å². The fourth-order valence-corrected chi connectivity index (χ4v) is 5.40. The number of carbonyl (C=O) groups excluding carboxylic acids is 1. The number of halogens is 9. The van der Waals surface area contributed by atoms with Crippen LogP contribution in [0.15, 0.2) is 42.5 Å². The van der Waals surface area contributed by atoms with Crippen LogP contribution in [0.2, 0.25) is 0 Å². The van der Waals surface area contributed by atoms with E-state index in [-0.39, 0.29) is 25.4 Å². The Hall–Kier alpha value is -2.76. The van der Waals surface area contributed by atoms with E-state index in [0.29, 0.717) is 43.0 Å². The van der Waals surface area contributed by atoms with Crippen molar-refractivity contribution in [1.82, 2.24) is 4.90 Å². The van der Waals surface area contributed by atoms with Gasteiger partial charge in [0.25, 0.3) is 0 Å². The molecule has 0 spiro atoms. The Morgan fingerprint density at radius 2 is 1.45 bits per heavy atom. The average Bonchev–Trinajstić information content (AvgIpc) is 2.84. The molecule has 3 rings (SSSR count). The van der Waals surface area contributed by atoms with E-state index in [1.165, 1.54) is 12.1 Å². The minimum Gasteiger partial charge on any atom is -0.466 e. The highest BCUT2D eigenvalue weighted by Crippen LogP contribution is 2.44. The zero-order valence-corrected chi connectivity index (χ0v) is 21.9. The van der Waals surface area contributed by atoms with Crippen molar-refractivity contribution in [3.05, 3.63) is 70.3 Å². The summed E-state index contributed by atoms with van der Waals surface area (Å²) in [6, 6.07) is 4.28. The molecule has 0 radical (unpaired) electrons. The molecule has 2 aromatic rings. The number of carbonyl (C=O) groups is 1. The molecule has 0 aromatic heterocycles. The second kappa shape index (κ2) is 12.4. The monoisotopic (exact) mass is 583 g/mol. The summed E-state index contributed by atoms with van der Waals surface area (Å²) >= 11 is 0. The van der Waals surface area contributed by atoms with Gasteiger partial charge in [-0.2, -0.15) is 39.5 Å². The van der Waals surface area contributed by atoms with Gasteiger partial charge in [0.05, 0.1) is 23.3 Å². The fraction of sp³-hybridized carbons (Fsp3) is 0.536. The van der Waals surface area contributed by atoms with Gasteiger partial charge in [0, 0.05) is 25.0 Å². The molecule has 0 amide bonds. The number of nitrogens with zero attached hydrogens (tertiary/aromatic N) is 1. The number of ether oxygens (including phenoxy) is 1. The number of alkyl halides is 9. The lowest BCUT2D eigenvalue weighted by atomic mass is 9.79. The molecule has 40 heavy (non-hydrogen) atoms. The summed E-state index contributed by atoms with van der Waals surface area (Å²) in [5.41, 5.74) is -3.57. The molecule has 3 nitrogen and oxygen atoms in total. The quantitative estimate of drug-likeness (QED) is 0.230. The smallest absolute Gasteiger partial charge is 0.416 e. The van der Waals surface area contributed by atoms with Crippen LogP contribution in [0.5, 0.6) is 0 Å². The van der Waals surface area contributed by atoms with Gasteiger partial charge in [-0.3, -0.25) is 9.69 Å². The average molecular weight is 584 g/mol. The van der Waals surface area contributed by atoms with Crippen LogP contribution in [-0.4, -0.2) is 23.5 Å². The standard InChI is InChI=1S/C28H30F9NO2/c1-3-5-22-12-17(14-25(39)40-4-2)13-24(18-6-8-20(9-7-18)26(29,30)31)38(22)16-19-15-21(27(32,33)34)10-11-23(19)28(35,36)37/h6-11,15,17,22,24H,3-5,12-14,16H2,1-2H3/t17-,22-,24-/m0/s1. The molecule has 0 bridgehead atoms. The summed E-state index contributed by atoms with van der Waals surface area (Å²) < 4.78 is 127. The third-order valence-electron chi connectivity index (χ3n) is 7.13. The summed E-state index contributed by atoms with van der Waals surface area (Å²) in [6.07, 6.45) is -12.8. The summed E-state index contributed by atoms with van der Waals surface area (Å²) in [4.78, 5) is 13.9. The minimum atomic E-state index is -4.92. The third kappa shape index (κ3) is 7.92. The molecule has 1 heterocycles. The summed E-state index contributed by atoms with van der Waals surface area (Å²) in [7, 11) is 0. The van der Waals surface area contributed by atoms with E-state index < -0.39 is 65.4 Å². The first-order valence-corrected chi connectivity index (χ1v) is 12.9. The van der Waals surface area contributed by atoms with Crippen LogP contribution < -0.4 is 0 Å². The number of hydrogen-bond donors (Lipinski definition) is 0. The lowest BCUT2D eigenvalue weighted by molar-refractivity contribution is -0.145. The van der Waals surface area contributed by atoms with E-state index in [1.807, 2.05) is 6.92 Å². The lowest BCUT2D eigenvalue weighted by Crippen LogP contribution is -2.45. The maximum Gasteiger partial charge on any atom is 0.416 e. The highest BCUT2D eigenvalue weighted by Gasteiger charge is 2.41. The first-order valence-electron chi connectivity index (χ1n) is 12.9. The van der Waals surface area contributed by atoms with E-state index in [4.69, 9.17) is 4.74 Å². The molecule has 0 saturated carbocycles. The van der Waals surface area contributed by atoms with E-state index >= 15 is 0 Å². The number of benzene rings is 2. The Kier molecular flexibility index (Phi) is 9.85. The van der Waals surface area contributed by atoms with Gasteiger partial charge in [0.15, 0.2) is 0 Å². The highest BCUT2D eigenvalue weighted by atomic mass is 19.4. The Morgan fingerprint density at radius 3 is 1.98 bits per heavy atom. The van der Waals surface area contributed by atoms with Gasteiger partial charge in [-0.25, -0.2) is 0 Å². The normalized spacial score (nSPS) is 20.9. The molecule has 2 aromatic carbocycles. The van der Waals surface area contributed by atoms with Gasteiger partial charge in [-0.1, -0.05) is 25.5 Å². The van der Waals surface area contributed by atoms with Crippen molar-refractivity contribution in [2.75, 3.05) is 6.61 Å². The lowest BCUT2D eigenvalue weighted by Gasteiger charge is -2.46. The number of rotatable bonds is 8.